The van der Waals surface area contributed by atoms with Crippen molar-refractivity contribution in [3.8, 4) is 0 Å². The van der Waals surface area contributed by atoms with E-state index in [2.05, 4.69) is 16.1 Å². The third-order valence-corrected chi connectivity index (χ3v) is 0.489. The van der Waals surface area contributed by atoms with Crippen LogP contribution in [-0.2, 0) is 9.47 Å². The van der Waals surface area contributed by atoms with Crippen molar-refractivity contribution >= 4 is 0 Å². The largest absolute Gasteiger partial charge is 0.502 e. The second-order valence-electron chi connectivity index (χ2n) is 1.23. The van der Waals surface area contributed by atoms with Gasteiger partial charge in [-0.15, -0.1) is 0 Å². The molecule has 8 heavy (non-hydrogen) atoms. The molecule has 0 N–H and O–H groups in total. The highest BCUT2D eigenvalue weighted by molar-refractivity contribution is 4.45. The van der Waals surface area contributed by atoms with Crippen molar-refractivity contribution in [2.45, 2.75) is 6.92 Å². The van der Waals surface area contributed by atoms with Crippen molar-refractivity contribution in [1.29, 1.82) is 0 Å². The predicted octanol–water partition coefficient (Wildman–Crippen LogP) is 1.18. The van der Waals surface area contributed by atoms with Gasteiger partial charge in [0.1, 0.15) is 0 Å². The zero-order valence-electron chi connectivity index (χ0n) is 5.22. The van der Waals surface area contributed by atoms with E-state index in [9.17, 15) is 0 Å². The van der Waals surface area contributed by atoms with Gasteiger partial charge in [-0.05, 0) is 6.92 Å². The molecule has 2 nitrogen and oxygen atoms in total. The lowest BCUT2D eigenvalue weighted by Crippen LogP contribution is -1.72. The first-order chi connectivity index (χ1) is 3.91. The Bertz CT molecular complexity index is 47.7. The van der Waals surface area contributed by atoms with Crippen LogP contribution in [0, 0.1) is 0 Å². The standard InChI is InChI=1S/C4H8O.C2H4O/c1-3-5-4-2;1-2-3-1/h3H,1,4H2,2H3;1-2H2. The minimum absolute atomic E-state index is 0.726. The highest BCUT2D eigenvalue weighted by atomic mass is 16.6. The van der Waals surface area contributed by atoms with E-state index in [0.717, 1.165) is 19.8 Å². The van der Waals surface area contributed by atoms with E-state index in [-0.39, 0.29) is 0 Å². The Labute approximate surface area is 50.1 Å². The Hall–Kier alpha value is -0.500. The van der Waals surface area contributed by atoms with E-state index in [1.54, 1.807) is 0 Å². The van der Waals surface area contributed by atoms with Gasteiger partial charge in [-0.1, -0.05) is 6.58 Å². The second-order valence-corrected chi connectivity index (χ2v) is 1.23. The van der Waals surface area contributed by atoms with Crippen LogP contribution in [0.4, 0.5) is 0 Å². The van der Waals surface area contributed by atoms with E-state index < -0.39 is 0 Å². The lowest BCUT2D eigenvalue weighted by Gasteiger charge is -1.84. The summed E-state index contributed by atoms with van der Waals surface area (Å²) in [5, 5.41) is 0. The summed E-state index contributed by atoms with van der Waals surface area (Å²) >= 11 is 0. The van der Waals surface area contributed by atoms with Crippen molar-refractivity contribution in [3.05, 3.63) is 12.8 Å². The maximum absolute atomic E-state index is 4.60. The fourth-order valence-corrected chi connectivity index (χ4v) is 0.118. The second kappa shape index (κ2) is 6.50. The molecule has 0 unspecified atom stereocenters. The summed E-state index contributed by atoms with van der Waals surface area (Å²) in [4.78, 5) is 0. The molecular weight excluding hydrogens is 104 g/mol. The van der Waals surface area contributed by atoms with E-state index in [0.29, 0.717) is 0 Å². The summed E-state index contributed by atoms with van der Waals surface area (Å²) in [5.41, 5.74) is 0. The topological polar surface area (TPSA) is 21.8 Å². The molecule has 0 atom stereocenters. The minimum atomic E-state index is 0.726. The maximum atomic E-state index is 4.60. The molecule has 0 spiro atoms. The van der Waals surface area contributed by atoms with Gasteiger partial charge in [-0.2, -0.15) is 0 Å². The van der Waals surface area contributed by atoms with Crippen LogP contribution >= 0.6 is 0 Å². The number of epoxide rings is 1. The highest BCUT2D eigenvalue weighted by Crippen LogP contribution is 1.84. The number of hydrogen-bond acceptors (Lipinski definition) is 2. The lowest BCUT2D eigenvalue weighted by molar-refractivity contribution is 0.270. The Morgan fingerprint density at radius 1 is 1.75 bits per heavy atom. The van der Waals surface area contributed by atoms with Crippen LogP contribution in [0.5, 0.6) is 0 Å². The van der Waals surface area contributed by atoms with Crippen LogP contribution in [0.15, 0.2) is 12.8 Å². The van der Waals surface area contributed by atoms with Crippen LogP contribution in [0.3, 0.4) is 0 Å². The summed E-state index contributed by atoms with van der Waals surface area (Å²) in [5.74, 6) is 0. The van der Waals surface area contributed by atoms with Gasteiger partial charge in [0, 0.05) is 0 Å². The average Bonchev–Trinajstić information content (AvgIpc) is 2.50. The molecule has 2 heteroatoms. The monoisotopic (exact) mass is 116 g/mol. The average molecular weight is 116 g/mol. The molecule has 1 rings (SSSR count). The van der Waals surface area contributed by atoms with Gasteiger partial charge in [-0.25, -0.2) is 0 Å². The van der Waals surface area contributed by atoms with Gasteiger partial charge in [-0.3, -0.25) is 0 Å². The molecule has 0 saturated carbocycles. The summed E-state index contributed by atoms with van der Waals surface area (Å²) in [6.45, 7) is 7.97. The smallest absolute Gasteiger partial charge is 0.0844 e. The van der Waals surface area contributed by atoms with Crippen molar-refractivity contribution < 1.29 is 9.47 Å². The van der Waals surface area contributed by atoms with Crippen molar-refractivity contribution in [2.24, 2.45) is 0 Å². The first-order valence-corrected chi connectivity index (χ1v) is 2.72. The molecule has 1 aliphatic heterocycles. The molecule has 1 saturated heterocycles. The van der Waals surface area contributed by atoms with Crippen molar-refractivity contribution in [1.82, 2.24) is 0 Å². The zero-order valence-corrected chi connectivity index (χ0v) is 5.22. The molecule has 0 amide bonds. The van der Waals surface area contributed by atoms with Crippen LogP contribution in [-0.4, -0.2) is 19.8 Å². The molecule has 0 aromatic heterocycles. The predicted molar refractivity (Wildman–Crippen MR) is 32.6 cm³/mol. The molecule has 0 radical (unpaired) electrons. The highest BCUT2D eigenvalue weighted by Gasteiger charge is 1.94. The summed E-state index contributed by atoms with van der Waals surface area (Å²) in [7, 11) is 0. The molecule has 1 fully saturated rings. The van der Waals surface area contributed by atoms with E-state index in [1.165, 1.54) is 6.26 Å². The maximum Gasteiger partial charge on any atom is 0.0844 e. The van der Waals surface area contributed by atoms with Crippen LogP contribution in [0.2, 0.25) is 0 Å². The van der Waals surface area contributed by atoms with Crippen molar-refractivity contribution in [2.75, 3.05) is 19.8 Å². The quantitative estimate of drug-likeness (QED) is 0.399. The Morgan fingerprint density at radius 3 is 2.25 bits per heavy atom. The van der Waals surface area contributed by atoms with Gasteiger partial charge in [0.05, 0.1) is 26.1 Å². The number of ether oxygens (including phenoxy) is 2. The summed E-state index contributed by atoms with van der Waals surface area (Å²) in [6, 6.07) is 0. The van der Waals surface area contributed by atoms with Crippen molar-refractivity contribution in [3.63, 3.8) is 0 Å². The lowest BCUT2D eigenvalue weighted by atomic mass is 10.9. The third-order valence-electron chi connectivity index (χ3n) is 0.489. The van der Waals surface area contributed by atoms with E-state index >= 15 is 0 Å². The fraction of sp³-hybridized carbons (Fsp3) is 0.667. The molecular formula is C6H12O2. The number of hydrogen-bond donors (Lipinski definition) is 0. The minimum Gasteiger partial charge on any atom is -0.502 e. The van der Waals surface area contributed by atoms with Crippen LogP contribution in [0.1, 0.15) is 6.92 Å². The Kier molecular flexibility index (Phi) is 6.09. The Balaban J connectivity index is 0.000000135. The normalized spacial score (nSPS) is 13.1. The molecule has 48 valence electrons. The summed E-state index contributed by atoms with van der Waals surface area (Å²) < 4.78 is 9.10. The first-order valence-electron chi connectivity index (χ1n) is 2.72. The molecule has 1 aliphatic rings. The summed E-state index contributed by atoms with van der Waals surface area (Å²) in [6.07, 6.45) is 1.43. The van der Waals surface area contributed by atoms with Crippen LogP contribution in [0.25, 0.3) is 0 Å². The van der Waals surface area contributed by atoms with E-state index in [4.69, 9.17) is 0 Å². The van der Waals surface area contributed by atoms with Gasteiger partial charge < -0.3 is 9.47 Å². The zero-order chi connectivity index (χ0) is 6.24. The molecule has 0 aromatic carbocycles. The van der Waals surface area contributed by atoms with E-state index in [1.807, 2.05) is 6.92 Å². The molecule has 1 heterocycles. The molecule has 0 aliphatic carbocycles. The SMILES string of the molecule is C1CO1.C=COCC. The Morgan fingerprint density at radius 2 is 2.25 bits per heavy atom. The van der Waals surface area contributed by atoms with Gasteiger partial charge >= 0.3 is 0 Å². The molecule has 0 aromatic rings. The fourth-order valence-electron chi connectivity index (χ4n) is 0.118. The van der Waals surface area contributed by atoms with Crippen LogP contribution < -0.4 is 0 Å². The van der Waals surface area contributed by atoms with Gasteiger partial charge in [0.15, 0.2) is 0 Å². The van der Waals surface area contributed by atoms with Gasteiger partial charge in [0.2, 0.25) is 0 Å². The number of rotatable bonds is 2. The van der Waals surface area contributed by atoms with Gasteiger partial charge in [0.25, 0.3) is 0 Å². The molecule has 0 bridgehead atoms. The first kappa shape index (κ1) is 7.50. The third kappa shape index (κ3) is 17.8.